The molecule has 0 atom stereocenters. The lowest BCUT2D eigenvalue weighted by molar-refractivity contribution is 0.0958. The normalized spacial score (nSPS) is 10.8. The van der Waals surface area contributed by atoms with Gasteiger partial charge in [-0.2, -0.15) is 5.10 Å². The van der Waals surface area contributed by atoms with Crippen LogP contribution >= 0.6 is 0 Å². The molecule has 1 aromatic rings. The summed E-state index contributed by atoms with van der Waals surface area (Å²) in [6.45, 7) is 1.28. The standard InChI is InChI=1S/C11H19FN4O/c1-13-11(17)10-8-9(14-15-10)4-7-16(2)6-3-5-12/h8H,3-7H2,1-2H3,(H,13,17)(H,14,15). The molecular weight excluding hydrogens is 223 g/mol. The molecule has 0 aromatic carbocycles. The number of rotatable bonds is 7. The topological polar surface area (TPSA) is 61.0 Å². The van der Waals surface area contributed by atoms with Crippen molar-refractivity contribution in [1.29, 1.82) is 0 Å². The Morgan fingerprint density at radius 3 is 3.00 bits per heavy atom. The number of H-pyrrole nitrogens is 1. The molecule has 0 saturated heterocycles. The Morgan fingerprint density at radius 2 is 2.35 bits per heavy atom. The van der Waals surface area contributed by atoms with Crippen molar-refractivity contribution >= 4 is 5.91 Å². The molecule has 5 nitrogen and oxygen atoms in total. The maximum atomic E-state index is 12.0. The van der Waals surface area contributed by atoms with E-state index < -0.39 is 0 Å². The van der Waals surface area contributed by atoms with Crippen molar-refractivity contribution in [2.24, 2.45) is 0 Å². The number of nitrogens with one attached hydrogen (secondary N) is 2. The fraction of sp³-hybridized carbons (Fsp3) is 0.636. The minimum Gasteiger partial charge on any atom is -0.354 e. The SMILES string of the molecule is CNC(=O)c1cc(CCN(C)CCCF)[nH]n1. The van der Waals surface area contributed by atoms with Crippen LogP contribution in [0.2, 0.25) is 0 Å². The van der Waals surface area contributed by atoms with Crippen LogP contribution in [-0.2, 0) is 6.42 Å². The van der Waals surface area contributed by atoms with Gasteiger partial charge in [-0.05, 0) is 19.5 Å². The molecule has 1 aromatic heterocycles. The first-order valence-electron chi connectivity index (χ1n) is 5.68. The van der Waals surface area contributed by atoms with Crippen molar-refractivity contribution in [2.45, 2.75) is 12.8 Å². The monoisotopic (exact) mass is 242 g/mol. The van der Waals surface area contributed by atoms with Gasteiger partial charge in [0.2, 0.25) is 0 Å². The molecule has 0 bridgehead atoms. The van der Waals surface area contributed by atoms with Gasteiger partial charge in [0, 0.05) is 32.3 Å². The van der Waals surface area contributed by atoms with E-state index in [2.05, 4.69) is 20.4 Å². The van der Waals surface area contributed by atoms with Crippen molar-refractivity contribution in [2.75, 3.05) is 33.9 Å². The zero-order chi connectivity index (χ0) is 12.7. The molecule has 1 heterocycles. The third-order valence-corrected chi connectivity index (χ3v) is 2.53. The van der Waals surface area contributed by atoms with Crippen LogP contribution in [0.1, 0.15) is 22.6 Å². The fourth-order valence-electron chi connectivity index (χ4n) is 1.49. The average molecular weight is 242 g/mol. The van der Waals surface area contributed by atoms with E-state index in [0.29, 0.717) is 12.1 Å². The summed E-state index contributed by atoms with van der Waals surface area (Å²) < 4.78 is 12.0. The molecule has 0 saturated carbocycles. The molecule has 2 N–H and O–H groups in total. The van der Waals surface area contributed by atoms with E-state index in [1.165, 1.54) is 0 Å². The molecule has 0 spiro atoms. The Kier molecular flexibility index (Phi) is 5.62. The molecule has 0 fully saturated rings. The Bertz CT molecular complexity index is 353. The second kappa shape index (κ2) is 7.01. The van der Waals surface area contributed by atoms with Gasteiger partial charge in [-0.15, -0.1) is 0 Å². The number of likely N-dealkylation sites (N-methyl/N-ethyl adjacent to an activating group) is 1. The van der Waals surface area contributed by atoms with Crippen molar-refractivity contribution in [3.63, 3.8) is 0 Å². The average Bonchev–Trinajstić information content (AvgIpc) is 2.81. The van der Waals surface area contributed by atoms with E-state index in [-0.39, 0.29) is 12.6 Å². The third kappa shape index (κ3) is 4.52. The van der Waals surface area contributed by atoms with Gasteiger partial charge in [0.15, 0.2) is 0 Å². The predicted octanol–water partition coefficient (Wildman–Crippen LogP) is 0.603. The largest absolute Gasteiger partial charge is 0.354 e. The summed E-state index contributed by atoms with van der Waals surface area (Å²) in [5.74, 6) is -0.196. The molecule has 0 unspecified atom stereocenters. The smallest absolute Gasteiger partial charge is 0.271 e. The van der Waals surface area contributed by atoms with Crippen molar-refractivity contribution < 1.29 is 9.18 Å². The number of hydrogen-bond donors (Lipinski definition) is 2. The van der Waals surface area contributed by atoms with Gasteiger partial charge >= 0.3 is 0 Å². The number of amides is 1. The predicted molar refractivity (Wildman–Crippen MR) is 63.8 cm³/mol. The number of halogens is 1. The first kappa shape index (κ1) is 13.6. The van der Waals surface area contributed by atoms with Crippen molar-refractivity contribution in [3.8, 4) is 0 Å². The molecular formula is C11H19FN4O. The number of aromatic nitrogens is 2. The Labute approximate surface area is 100 Å². The zero-order valence-electron chi connectivity index (χ0n) is 10.3. The quantitative estimate of drug-likeness (QED) is 0.736. The summed E-state index contributed by atoms with van der Waals surface area (Å²) in [6.07, 6.45) is 1.33. The summed E-state index contributed by atoms with van der Waals surface area (Å²) in [5.41, 5.74) is 1.31. The number of nitrogens with zero attached hydrogens (tertiary/aromatic N) is 2. The molecule has 17 heavy (non-hydrogen) atoms. The highest BCUT2D eigenvalue weighted by atomic mass is 19.1. The first-order valence-corrected chi connectivity index (χ1v) is 5.68. The van der Waals surface area contributed by atoms with Crippen molar-refractivity contribution in [3.05, 3.63) is 17.5 Å². The lowest BCUT2D eigenvalue weighted by Gasteiger charge is -2.14. The van der Waals surface area contributed by atoms with Crippen LogP contribution in [0.15, 0.2) is 6.07 Å². The van der Waals surface area contributed by atoms with Crippen LogP contribution in [-0.4, -0.2) is 54.9 Å². The van der Waals surface area contributed by atoms with E-state index in [1.807, 2.05) is 7.05 Å². The molecule has 1 amide bonds. The summed E-state index contributed by atoms with van der Waals surface area (Å²) in [7, 11) is 3.52. The van der Waals surface area contributed by atoms with Crippen LogP contribution in [0.5, 0.6) is 0 Å². The van der Waals surface area contributed by atoms with Gasteiger partial charge < -0.3 is 10.2 Å². The summed E-state index contributed by atoms with van der Waals surface area (Å²) in [6, 6.07) is 1.74. The van der Waals surface area contributed by atoms with Crippen LogP contribution in [0.25, 0.3) is 0 Å². The van der Waals surface area contributed by atoms with Gasteiger partial charge in [-0.25, -0.2) is 0 Å². The van der Waals surface area contributed by atoms with Gasteiger partial charge in [0.05, 0.1) is 6.67 Å². The lowest BCUT2D eigenvalue weighted by Crippen LogP contribution is -2.22. The minimum atomic E-state index is -0.283. The summed E-state index contributed by atoms with van der Waals surface area (Å²) in [5, 5.41) is 9.25. The number of carbonyl (C=O) groups excluding carboxylic acids is 1. The number of carbonyl (C=O) groups is 1. The van der Waals surface area contributed by atoms with Crippen LogP contribution < -0.4 is 5.32 Å². The maximum absolute atomic E-state index is 12.0. The van der Waals surface area contributed by atoms with Crippen LogP contribution in [0.4, 0.5) is 4.39 Å². The van der Waals surface area contributed by atoms with E-state index in [0.717, 1.165) is 25.2 Å². The fourth-order valence-corrected chi connectivity index (χ4v) is 1.49. The molecule has 6 heteroatoms. The molecule has 0 aliphatic rings. The summed E-state index contributed by atoms with van der Waals surface area (Å²) in [4.78, 5) is 13.3. The number of hydrogen-bond acceptors (Lipinski definition) is 3. The molecule has 1 rings (SSSR count). The van der Waals surface area contributed by atoms with E-state index >= 15 is 0 Å². The van der Waals surface area contributed by atoms with Gasteiger partial charge in [0.1, 0.15) is 5.69 Å². The first-order chi connectivity index (χ1) is 8.17. The minimum absolute atomic E-state index is 0.196. The van der Waals surface area contributed by atoms with Crippen LogP contribution in [0, 0.1) is 0 Å². The van der Waals surface area contributed by atoms with E-state index in [4.69, 9.17) is 0 Å². The Morgan fingerprint density at radius 1 is 1.59 bits per heavy atom. The summed E-state index contributed by atoms with van der Waals surface area (Å²) >= 11 is 0. The lowest BCUT2D eigenvalue weighted by atomic mass is 10.2. The highest BCUT2D eigenvalue weighted by Gasteiger charge is 2.08. The van der Waals surface area contributed by atoms with Crippen molar-refractivity contribution in [1.82, 2.24) is 20.4 Å². The maximum Gasteiger partial charge on any atom is 0.271 e. The molecule has 96 valence electrons. The van der Waals surface area contributed by atoms with Gasteiger partial charge in [0.25, 0.3) is 5.91 Å². The Hall–Kier alpha value is -1.43. The third-order valence-electron chi connectivity index (χ3n) is 2.53. The molecule has 0 aliphatic carbocycles. The highest BCUT2D eigenvalue weighted by molar-refractivity contribution is 5.92. The van der Waals surface area contributed by atoms with E-state index in [1.54, 1.807) is 13.1 Å². The Balaban J connectivity index is 2.36. The van der Waals surface area contributed by atoms with Gasteiger partial charge in [-0.1, -0.05) is 0 Å². The van der Waals surface area contributed by atoms with E-state index in [9.17, 15) is 9.18 Å². The van der Waals surface area contributed by atoms with Crippen LogP contribution in [0.3, 0.4) is 0 Å². The second-order valence-electron chi connectivity index (χ2n) is 3.95. The highest BCUT2D eigenvalue weighted by Crippen LogP contribution is 2.01. The number of aromatic amines is 1. The van der Waals surface area contributed by atoms with Gasteiger partial charge in [-0.3, -0.25) is 14.3 Å². The zero-order valence-corrected chi connectivity index (χ0v) is 10.3. The molecule has 0 radical (unpaired) electrons. The molecule has 0 aliphatic heterocycles. The second-order valence-corrected chi connectivity index (χ2v) is 3.95. The number of alkyl halides is 1.